The van der Waals surface area contributed by atoms with Gasteiger partial charge in [0.25, 0.3) is 5.24 Å². The Labute approximate surface area is 138 Å². The average Bonchev–Trinajstić information content (AvgIpc) is 3.00. The Morgan fingerprint density at radius 3 is 2.52 bits per heavy atom. The van der Waals surface area contributed by atoms with Gasteiger partial charge in [0.1, 0.15) is 28.7 Å². The minimum Gasteiger partial charge on any atom is -0.494 e. The highest BCUT2D eigenvalue weighted by Gasteiger charge is 2.21. The highest BCUT2D eigenvalue weighted by Crippen LogP contribution is 2.31. The van der Waals surface area contributed by atoms with E-state index in [2.05, 4.69) is 9.97 Å². The van der Waals surface area contributed by atoms with Crippen molar-refractivity contribution in [2.24, 2.45) is 0 Å². The molecule has 0 aliphatic carbocycles. The lowest BCUT2D eigenvalue weighted by atomic mass is 10.1. The summed E-state index contributed by atoms with van der Waals surface area (Å²) in [6.07, 6.45) is -0.383. The summed E-state index contributed by atoms with van der Waals surface area (Å²) in [6.45, 7) is 0. The number of nitrogens with zero attached hydrogens (tertiary/aromatic N) is 1. The first-order valence-corrected chi connectivity index (χ1v) is 7.37. The van der Waals surface area contributed by atoms with Gasteiger partial charge >= 0.3 is 0 Å². The Hall–Kier alpha value is -2.37. The first kappa shape index (κ1) is 15.5. The standard InChI is InChI=1S/C17H15ClN2O3/c1-22-12-9-8-11(16(18)21)13-14(12)20-17(19-13)15(23-2)10-6-4-3-5-7-10/h3-9,15H,1-2H3,(H,19,20). The molecule has 3 rings (SSSR count). The van der Waals surface area contributed by atoms with E-state index in [0.29, 0.717) is 28.2 Å². The van der Waals surface area contributed by atoms with Gasteiger partial charge in [-0.2, -0.15) is 0 Å². The largest absolute Gasteiger partial charge is 0.494 e. The number of hydrogen-bond donors (Lipinski definition) is 1. The van der Waals surface area contributed by atoms with Crippen LogP contribution in [-0.4, -0.2) is 29.4 Å². The molecule has 0 radical (unpaired) electrons. The molecule has 1 N–H and O–H groups in total. The number of carbonyl (C=O) groups is 1. The number of carbonyl (C=O) groups excluding carboxylic acids is 1. The maximum atomic E-state index is 11.6. The fourth-order valence-corrected chi connectivity index (χ4v) is 2.72. The van der Waals surface area contributed by atoms with E-state index in [4.69, 9.17) is 21.1 Å². The van der Waals surface area contributed by atoms with Crippen molar-refractivity contribution in [2.75, 3.05) is 14.2 Å². The van der Waals surface area contributed by atoms with Crippen molar-refractivity contribution in [1.82, 2.24) is 9.97 Å². The van der Waals surface area contributed by atoms with Crippen molar-refractivity contribution in [1.29, 1.82) is 0 Å². The van der Waals surface area contributed by atoms with Gasteiger partial charge in [0.05, 0.1) is 12.7 Å². The molecule has 1 unspecified atom stereocenters. The topological polar surface area (TPSA) is 64.2 Å². The number of H-pyrrole nitrogens is 1. The van der Waals surface area contributed by atoms with Crippen LogP contribution in [0.25, 0.3) is 11.0 Å². The van der Waals surface area contributed by atoms with E-state index in [9.17, 15) is 4.79 Å². The summed E-state index contributed by atoms with van der Waals surface area (Å²) in [5.41, 5.74) is 2.36. The lowest BCUT2D eigenvalue weighted by Gasteiger charge is -2.12. The molecule has 118 valence electrons. The molecule has 0 saturated heterocycles. The van der Waals surface area contributed by atoms with Gasteiger partial charge in [-0.3, -0.25) is 4.79 Å². The summed E-state index contributed by atoms with van der Waals surface area (Å²) in [7, 11) is 3.16. The molecular formula is C17H15ClN2O3. The second-order valence-electron chi connectivity index (χ2n) is 4.96. The van der Waals surface area contributed by atoms with Gasteiger partial charge < -0.3 is 14.5 Å². The van der Waals surface area contributed by atoms with Crippen LogP contribution in [0, 0.1) is 0 Å². The Morgan fingerprint density at radius 2 is 1.91 bits per heavy atom. The molecule has 3 aromatic rings. The summed E-state index contributed by atoms with van der Waals surface area (Å²) < 4.78 is 10.9. The van der Waals surface area contributed by atoms with Gasteiger partial charge in [0.15, 0.2) is 0 Å². The van der Waals surface area contributed by atoms with Crippen molar-refractivity contribution in [3.63, 3.8) is 0 Å². The predicted molar refractivity (Wildman–Crippen MR) is 88.1 cm³/mol. The second-order valence-corrected chi connectivity index (χ2v) is 5.30. The Kier molecular flexibility index (Phi) is 4.32. The molecule has 0 bridgehead atoms. The molecule has 0 saturated carbocycles. The minimum atomic E-state index is -0.565. The van der Waals surface area contributed by atoms with Crippen molar-refractivity contribution < 1.29 is 14.3 Å². The summed E-state index contributed by atoms with van der Waals surface area (Å²) >= 11 is 5.65. The number of aromatic nitrogens is 2. The third-order valence-electron chi connectivity index (χ3n) is 3.64. The fraction of sp³-hybridized carbons (Fsp3) is 0.176. The highest BCUT2D eigenvalue weighted by molar-refractivity contribution is 6.68. The zero-order valence-corrected chi connectivity index (χ0v) is 13.4. The van der Waals surface area contributed by atoms with E-state index in [-0.39, 0.29) is 6.10 Å². The summed E-state index contributed by atoms with van der Waals surface area (Å²) in [5.74, 6) is 1.17. The molecule has 1 heterocycles. The lowest BCUT2D eigenvalue weighted by Crippen LogP contribution is -2.05. The quantitative estimate of drug-likeness (QED) is 0.725. The average molecular weight is 331 g/mol. The van der Waals surface area contributed by atoms with Crippen LogP contribution < -0.4 is 4.74 Å². The van der Waals surface area contributed by atoms with Crippen LogP contribution in [-0.2, 0) is 4.74 Å². The van der Waals surface area contributed by atoms with E-state index < -0.39 is 5.24 Å². The van der Waals surface area contributed by atoms with E-state index in [1.54, 1.807) is 26.4 Å². The Morgan fingerprint density at radius 1 is 1.17 bits per heavy atom. The molecule has 0 fully saturated rings. The minimum absolute atomic E-state index is 0.327. The van der Waals surface area contributed by atoms with Crippen LogP contribution in [0.5, 0.6) is 5.75 Å². The van der Waals surface area contributed by atoms with E-state index in [1.165, 1.54) is 0 Å². The smallest absolute Gasteiger partial charge is 0.254 e. The van der Waals surface area contributed by atoms with Crippen LogP contribution in [0.4, 0.5) is 0 Å². The molecule has 1 aromatic heterocycles. The van der Waals surface area contributed by atoms with Crippen LogP contribution in [0.2, 0.25) is 0 Å². The maximum Gasteiger partial charge on any atom is 0.254 e. The first-order chi connectivity index (χ1) is 11.2. The van der Waals surface area contributed by atoms with Crippen molar-refractivity contribution in [2.45, 2.75) is 6.10 Å². The zero-order valence-electron chi connectivity index (χ0n) is 12.7. The van der Waals surface area contributed by atoms with Gasteiger partial charge in [0, 0.05) is 7.11 Å². The first-order valence-electron chi connectivity index (χ1n) is 7.00. The number of methoxy groups -OCH3 is 2. The lowest BCUT2D eigenvalue weighted by molar-refractivity contribution is 0.108. The molecule has 1 atom stereocenters. The zero-order chi connectivity index (χ0) is 16.4. The van der Waals surface area contributed by atoms with E-state index in [1.807, 2.05) is 30.3 Å². The van der Waals surface area contributed by atoms with Gasteiger partial charge in [-0.15, -0.1) is 0 Å². The van der Waals surface area contributed by atoms with Gasteiger partial charge in [-0.25, -0.2) is 4.98 Å². The number of rotatable bonds is 5. The molecular weight excluding hydrogens is 316 g/mol. The fourth-order valence-electron chi connectivity index (χ4n) is 2.57. The van der Waals surface area contributed by atoms with Crippen LogP contribution in [0.3, 0.4) is 0 Å². The van der Waals surface area contributed by atoms with Crippen molar-refractivity contribution >= 4 is 27.9 Å². The normalized spacial score (nSPS) is 12.3. The third kappa shape index (κ3) is 2.81. The number of halogens is 1. The third-order valence-corrected chi connectivity index (χ3v) is 3.85. The predicted octanol–water partition coefficient (Wildman–Crippen LogP) is 3.69. The summed E-state index contributed by atoms with van der Waals surface area (Å²) in [4.78, 5) is 19.3. The Balaban J connectivity index is 2.19. The van der Waals surface area contributed by atoms with Crippen LogP contribution in [0.1, 0.15) is 27.8 Å². The molecule has 0 aliphatic rings. The molecule has 0 spiro atoms. The van der Waals surface area contributed by atoms with E-state index >= 15 is 0 Å². The summed E-state index contributed by atoms with van der Waals surface area (Å²) in [5, 5.41) is -0.565. The van der Waals surface area contributed by atoms with Gasteiger partial charge in [-0.1, -0.05) is 30.3 Å². The number of ether oxygens (including phenoxy) is 2. The monoisotopic (exact) mass is 330 g/mol. The maximum absolute atomic E-state index is 11.6. The van der Waals surface area contributed by atoms with Crippen LogP contribution >= 0.6 is 11.6 Å². The number of aromatic amines is 1. The second kappa shape index (κ2) is 6.40. The number of imidazole rings is 1. The molecule has 0 amide bonds. The molecule has 2 aromatic carbocycles. The van der Waals surface area contributed by atoms with Crippen molar-refractivity contribution in [3.8, 4) is 5.75 Å². The highest BCUT2D eigenvalue weighted by atomic mass is 35.5. The number of fused-ring (bicyclic) bond motifs is 1. The van der Waals surface area contributed by atoms with E-state index in [0.717, 1.165) is 5.56 Å². The van der Waals surface area contributed by atoms with Gasteiger partial charge in [-0.05, 0) is 29.3 Å². The SMILES string of the molecule is COc1ccc(C(=O)Cl)c2nc(C(OC)c3ccccc3)[nH]c12. The molecule has 6 heteroatoms. The number of nitrogens with one attached hydrogen (secondary N) is 1. The van der Waals surface area contributed by atoms with Gasteiger partial charge in [0.2, 0.25) is 0 Å². The van der Waals surface area contributed by atoms with Crippen LogP contribution in [0.15, 0.2) is 42.5 Å². The summed E-state index contributed by atoms with van der Waals surface area (Å²) in [6, 6.07) is 13.0. The molecule has 0 aliphatic heterocycles. The molecule has 5 nitrogen and oxygen atoms in total. The Bertz CT molecular complexity index is 846. The number of hydrogen-bond acceptors (Lipinski definition) is 4. The molecule has 23 heavy (non-hydrogen) atoms. The van der Waals surface area contributed by atoms with Crippen molar-refractivity contribution in [3.05, 3.63) is 59.4 Å². The number of benzene rings is 2.